The van der Waals surface area contributed by atoms with Crippen LogP contribution >= 0.6 is 11.3 Å². The van der Waals surface area contributed by atoms with Gasteiger partial charge >= 0.3 is 5.97 Å². The molecular weight excluding hydrogens is 651 g/mol. The molecule has 0 spiro atoms. The Kier molecular flexibility index (Phi) is 16.9. The van der Waals surface area contributed by atoms with Crippen LogP contribution in [0.3, 0.4) is 0 Å². The predicted molar refractivity (Wildman–Crippen MR) is 200 cm³/mol. The fourth-order valence-corrected chi connectivity index (χ4v) is 7.65. The summed E-state index contributed by atoms with van der Waals surface area (Å²) in [5.41, 5.74) is 1.45. The van der Waals surface area contributed by atoms with E-state index < -0.39 is 17.9 Å². The minimum Gasteiger partial charge on any atom is -0.481 e. The number of unbranched alkanes of at least 4 members (excludes halogenated alkanes) is 1. The van der Waals surface area contributed by atoms with Gasteiger partial charge in [-0.2, -0.15) is 0 Å². The van der Waals surface area contributed by atoms with Crippen LogP contribution in [0.4, 0.5) is 0 Å². The number of carboxylic acid groups (broad SMARTS) is 1. The molecule has 11 heteroatoms. The largest absolute Gasteiger partial charge is 0.481 e. The maximum atomic E-state index is 14.0. The molecule has 0 unspecified atom stereocenters. The summed E-state index contributed by atoms with van der Waals surface area (Å²) < 4.78 is 0. The lowest BCUT2D eigenvalue weighted by molar-refractivity contribution is -0.141. The molecule has 5 atom stereocenters. The van der Waals surface area contributed by atoms with E-state index in [9.17, 15) is 24.3 Å². The number of carbonyl (C=O) groups excluding carboxylic acids is 3. The van der Waals surface area contributed by atoms with Crippen LogP contribution < -0.4 is 10.6 Å². The number of amides is 3. The van der Waals surface area contributed by atoms with Crippen molar-refractivity contribution in [2.45, 2.75) is 130 Å². The van der Waals surface area contributed by atoms with Gasteiger partial charge in [-0.25, -0.2) is 4.98 Å². The number of nitrogens with zero attached hydrogens (tertiary/aromatic N) is 3. The quantitative estimate of drug-likeness (QED) is 0.149. The zero-order valence-electron chi connectivity index (χ0n) is 31.3. The van der Waals surface area contributed by atoms with Crippen molar-refractivity contribution in [1.82, 2.24) is 25.4 Å². The average Bonchev–Trinajstić information content (AvgIpc) is 3.57. The third kappa shape index (κ3) is 12.5. The second kappa shape index (κ2) is 20.5. The number of benzene rings is 1. The Morgan fingerprint density at radius 3 is 2.36 bits per heavy atom. The SMILES string of the molecule is CCCCN1CCCC[C@@H]1C(=O)N[C@H](C(=O)N(C)[C@H](CCc1nc(C(=O)N[C@@H](CCc2ccccc2)C[C@H](C)C(=O)O)cs1)C(C)C)C(C)C. The van der Waals surface area contributed by atoms with Crippen LogP contribution in [0.25, 0.3) is 0 Å². The number of likely N-dealkylation sites (tertiary alicyclic amines) is 1. The summed E-state index contributed by atoms with van der Waals surface area (Å²) in [6.07, 6.45) is 8.02. The molecule has 278 valence electrons. The maximum absolute atomic E-state index is 14.0. The summed E-state index contributed by atoms with van der Waals surface area (Å²) in [7, 11) is 1.83. The first-order valence-electron chi connectivity index (χ1n) is 18.6. The van der Waals surface area contributed by atoms with E-state index in [1.807, 2.05) is 51.2 Å². The van der Waals surface area contributed by atoms with E-state index in [4.69, 9.17) is 0 Å². The van der Waals surface area contributed by atoms with Crippen LogP contribution in [-0.2, 0) is 27.2 Å². The molecule has 0 saturated carbocycles. The van der Waals surface area contributed by atoms with E-state index >= 15 is 0 Å². The van der Waals surface area contributed by atoms with Gasteiger partial charge in [0.2, 0.25) is 11.8 Å². The number of hydrogen-bond acceptors (Lipinski definition) is 7. The molecular formula is C39H61N5O5S. The van der Waals surface area contributed by atoms with Gasteiger partial charge < -0.3 is 20.6 Å². The van der Waals surface area contributed by atoms with E-state index in [1.54, 1.807) is 17.2 Å². The van der Waals surface area contributed by atoms with Gasteiger partial charge in [0.15, 0.2) is 0 Å². The van der Waals surface area contributed by atoms with E-state index in [0.717, 1.165) is 62.2 Å². The van der Waals surface area contributed by atoms with Crippen LogP contribution in [0.2, 0.25) is 0 Å². The van der Waals surface area contributed by atoms with E-state index in [0.29, 0.717) is 31.4 Å². The molecule has 0 aliphatic carbocycles. The molecule has 0 radical (unpaired) electrons. The first-order valence-corrected chi connectivity index (χ1v) is 19.5. The molecule has 1 saturated heterocycles. The molecule has 1 aromatic heterocycles. The Balaban J connectivity index is 1.63. The number of likely N-dealkylation sites (N-methyl/N-ethyl adjacent to an activating group) is 1. The number of rotatable bonds is 20. The first kappa shape index (κ1) is 41.1. The summed E-state index contributed by atoms with van der Waals surface area (Å²) in [6.45, 7) is 13.8. The standard InChI is InChI=1S/C39H61N5O5S/c1-8-9-22-44-23-14-13-17-33(44)37(46)42-35(27(4)5)38(47)43(7)32(26(2)3)20-21-34-41-31(25-50-34)36(45)40-30(24-28(6)39(48)49)19-18-29-15-11-10-12-16-29/h10-12,15-16,25-28,30,32-33,35H,8-9,13-14,17-24H2,1-7H3,(H,40,45)(H,42,46)(H,48,49)/t28-,30-,32+,33+,35-/m0/s1. The number of aryl methyl sites for hydroxylation is 2. The topological polar surface area (TPSA) is 132 Å². The van der Waals surface area contributed by atoms with Crippen LogP contribution in [-0.4, -0.2) is 87.9 Å². The predicted octanol–water partition coefficient (Wildman–Crippen LogP) is 6.20. The van der Waals surface area contributed by atoms with Gasteiger partial charge in [-0.05, 0) is 75.4 Å². The Morgan fingerprint density at radius 2 is 1.72 bits per heavy atom. The van der Waals surface area contributed by atoms with Crippen molar-refractivity contribution >= 4 is 35.0 Å². The number of aromatic nitrogens is 1. The summed E-state index contributed by atoms with van der Waals surface area (Å²) >= 11 is 1.42. The van der Waals surface area contributed by atoms with Crippen molar-refractivity contribution in [3.05, 3.63) is 52.0 Å². The highest BCUT2D eigenvalue weighted by molar-refractivity contribution is 7.09. The third-order valence-electron chi connectivity index (χ3n) is 10.0. The molecule has 2 aromatic rings. The van der Waals surface area contributed by atoms with Crippen molar-refractivity contribution in [2.24, 2.45) is 17.8 Å². The van der Waals surface area contributed by atoms with Crippen molar-refractivity contribution in [3.8, 4) is 0 Å². The van der Waals surface area contributed by atoms with Crippen molar-refractivity contribution < 1.29 is 24.3 Å². The molecule has 1 aromatic carbocycles. The highest BCUT2D eigenvalue weighted by Crippen LogP contribution is 2.23. The number of carbonyl (C=O) groups is 4. The Morgan fingerprint density at radius 1 is 1.00 bits per heavy atom. The fourth-order valence-electron chi connectivity index (χ4n) is 6.86. The number of carboxylic acids is 1. The van der Waals surface area contributed by atoms with Crippen molar-refractivity contribution in [2.75, 3.05) is 20.1 Å². The second-order valence-electron chi connectivity index (χ2n) is 14.7. The number of nitrogens with one attached hydrogen (secondary N) is 2. The van der Waals surface area contributed by atoms with E-state index in [2.05, 4.69) is 41.3 Å². The van der Waals surface area contributed by atoms with Crippen LogP contribution in [0.5, 0.6) is 0 Å². The smallest absolute Gasteiger partial charge is 0.306 e. The highest BCUT2D eigenvalue weighted by Gasteiger charge is 2.35. The third-order valence-corrected chi connectivity index (χ3v) is 10.9. The van der Waals surface area contributed by atoms with Gasteiger partial charge in [0.25, 0.3) is 5.91 Å². The molecule has 3 rings (SSSR count). The Labute approximate surface area is 303 Å². The van der Waals surface area contributed by atoms with Gasteiger partial charge in [0.1, 0.15) is 11.7 Å². The summed E-state index contributed by atoms with van der Waals surface area (Å²) in [5, 5.41) is 18.3. The molecule has 2 heterocycles. The number of hydrogen-bond donors (Lipinski definition) is 3. The minimum absolute atomic E-state index is 0.0457. The lowest BCUT2D eigenvalue weighted by atomic mass is 9.94. The van der Waals surface area contributed by atoms with E-state index in [-0.39, 0.29) is 47.7 Å². The summed E-state index contributed by atoms with van der Waals surface area (Å²) in [6, 6.07) is 8.75. The Hall–Kier alpha value is -3.31. The van der Waals surface area contributed by atoms with E-state index in [1.165, 1.54) is 11.3 Å². The molecule has 0 bridgehead atoms. The fraction of sp³-hybridized carbons (Fsp3) is 0.667. The number of aliphatic carboxylic acids is 1. The monoisotopic (exact) mass is 711 g/mol. The van der Waals surface area contributed by atoms with Crippen LogP contribution in [0, 0.1) is 17.8 Å². The lowest BCUT2D eigenvalue weighted by Gasteiger charge is -2.38. The molecule has 50 heavy (non-hydrogen) atoms. The number of thiazole rings is 1. The molecule has 1 aliphatic heterocycles. The first-order chi connectivity index (χ1) is 23.8. The van der Waals surface area contributed by atoms with Gasteiger partial charge in [-0.1, -0.05) is 84.7 Å². The summed E-state index contributed by atoms with van der Waals surface area (Å²) in [4.78, 5) is 61.1. The van der Waals surface area contributed by atoms with Crippen LogP contribution in [0.1, 0.15) is 114 Å². The molecule has 3 amide bonds. The Bertz CT molecular complexity index is 1370. The van der Waals surface area contributed by atoms with Crippen LogP contribution in [0.15, 0.2) is 35.7 Å². The zero-order chi connectivity index (χ0) is 36.8. The second-order valence-corrected chi connectivity index (χ2v) is 15.7. The van der Waals surface area contributed by atoms with Gasteiger partial charge in [-0.3, -0.25) is 24.1 Å². The van der Waals surface area contributed by atoms with Gasteiger partial charge in [0.05, 0.1) is 17.0 Å². The highest BCUT2D eigenvalue weighted by atomic mass is 32.1. The number of piperidine rings is 1. The zero-order valence-corrected chi connectivity index (χ0v) is 32.1. The molecule has 1 fully saturated rings. The van der Waals surface area contributed by atoms with Crippen molar-refractivity contribution in [1.29, 1.82) is 0 Å². The maximum Gasteiger partial charge on any atom is 0.306 e. The average molecular weight is 712 g/mol. The molecule has 10 nitrogen and oxygen atoms in total. The lowest BCUT2D eigenvalue weighted by Crippen LogP contribution is -2.58. The molecule has 3 N–H and O–H groups in total. The van der Waals surface area contributed by atoms with Crippen molar-refractivity contribution in [3.63, 3.8) is 0 Å². The normalized spacial score (nSPS) is 17.6. The minimum atomic E-state index is -0.886. The summed E-state index contributed by atoms with van der Waals surface area (Å²) in [5.74, 6) is -1.81. The van der Waals surface area contributed by atoms with Gasteiger partial charge in [0, 0.05) is 30.9 Å². The molecule has 1 aliphatic rings. The van der Waals surface area contributed by atoms with Gasteiger partial charge in [-0.15, -0.1) is 11.3 Å².